The van der Waals surface area contributed by atoms with Crippen LogP contribution in [0.3, 0.4) is 0 Å². The van der Waals surface area contributed by atoms with E-state index in [1.165, 1.54) is 0 Å². The van der Waals surface area contributed by atoms with Crippen molar-refractivity contribution in [3.8, 4) is 5.75 Å². The molecular weight excluding hydrogens is 290 g/mol. The van der Waals surface area contributed by atoms with E-state index in [1.807, 2.05) is 48.5 Å². The van der Waals surface area contributed by atoms with Gasteiger partial charge in [0.15, 0.2) is 6.61 Å². The molecular formula is C18H21N3O2. The number of pyridine rings is 1. The maximum absolute atomic E-state index is 12.1. The zero-order valence-electron chi connectivity index (χ0n) is 13.0. The average molecular weight is 311 g/mol. The zero-order chi connectivity index (χ0) is 15.9. The average Bonchev–Trinajstić information content (AvgIpc) is 2.62. The molecule has 2 aromatic rings. The second-order valence-corrected chi connectivity index (χ2v) is 5.64. The fraction of sp³-hybridized carbons (Fsp3) is 0.333. The summed E-state index contributed by atoms with van der Waals surface area (Å²) in [6.07, 6.45) is 3.83. The first kappa shape index (κ1) is 15.3. The Morgan fingerprint density at radius 3 is 2.83 bits per heavy atom. The number of para-hydroxylation sites is 1. The molecule has 1 aliphatic rings. The molecule has 0 radical (unpaired) electrons. The Morgan fingerprint density at radius 1 is 1.22 bits per heavy atom. The topological polar surface area (TPSA) is 54.5 Å². The molecule has 1 fully saturated rings. The van der Waals surface area contributed by atoms with Crippen molar-refractivity contribution in [2.45, 2.75) is 18.9 Å². The highest BCUT2D eigenvalue weighted by Gasteiger charge is 2.22. The van der Waals surface area contributed by atoms with E-state index in [9.17, 15) is 4.79 Å². The number of amides is 1. The molecule has 0 bridgehead atoms. The van der Waals surface area contributed by atoms with Gasteiger partial charge in [-0.2, -0.15) is 0 Å². The van der Waals surface area contributed by atoms with E-state index >= 15 is 0 Å². The van der Waals surface area contributed by atoms with Gasteiger partial charge in [0, 0.05) is 25.3 Å². The molecule has 1 aromatic heterocycles. The Kier molecular flexibility index (Phi) is 5.09. The number of carbonyl (C=O) groups excluding carboxylic acids is 1. The highest BCUT2D eigenvalue weighted by atomic mass is 16.5. The van der Waals surface area contributed by atoms with E-state index in [-0.39, 0.29) is 18.6 Å². The molecule has 1 aliphatic heterocycles. The van der Waals surface area contributed by atoms with Crippen LogP contribution in [0.1, 0.15) is 12.8 Å². The van der Waals surface area contributed by atoms with E-state index in [0.29, 0.717) is 5.75 Å². The van der Waals surface area contributed by atoms with Crippen LogP contribution in [0.5, 0.6) is 5.75 Å². The van der Waals surface area contributed by atoms with Crippen molar-refractivity contribution in [2.24, 2.45) is 0 Å². The van der Waals surface area contributed by atoms with Gasteiger partial charge in [-0.3, -0.25) is 4.79 Å². The van der Waals surface area contributed by atoms with Gasteiger partial charge in [0.05, 0.1) is 0 Å². The van der Waals surface area contributed by atoms with Gasteiger partial charge in [0.2, 0.25) is 0 Å². The van der Waals surface area contributed by atoms with Gasteiger partial charge >= 0.3 is 0 Å². The van der Waals surface area contributed by atoms with Crippen LogP contribution in [0.2, 0.25) is 0 Å². The summed E-state index contributed by atoms with van der Waals surface area (Å²) in [6, 6.07) is 15.4. The highest BCUT2D eigenvalue weighted by Crippen LogP contribution is 2.17. The molecule has 0 aliphatic carbocycles. The van der Waals surface area contributed by atoms with Crippen LogP contribution >= 0.6 is 0 Å². The number of ether oxygens (including phenoxy) is 1. The number of piperidine rings is 1. The number of benzene rings is 1. The van der Waals surface area contributed by atoms with E-state index in [1.54, 1.807) is 6.20 Å². The van der Waals surface area contributed by atoms with Crippen molar-refractivity contribution < 1.29 is 9.53 Å². The van der Waals surface area contributed by atoms with Gasteiger partial charge in [0.25, 0.3) is 5.91 Å². The van der Waals surface area contributed by atoms with E-state index < -0.39 is 0 Å². The van der Waals surface area contributed by atoms with E-state index in [4.69, 9.17) is 4.74 Å². The summed E-state index contributed by atoms with van der Waals surface area (Å²) in [7, 11) is 0. The molecule has 0 unspecified atom stereocenters. The Hall–Kier alpha value is -2.56. The molecule has 0 spiro atoms. The first-order valence-corrected chi connectivity index (χ1v) is 7.94. The largest absolute Gasteiger partial charge is 0.484 e. The molecule has 1 saturated heterocycles. The maximum atomic E-state index is 12.1. The summed E-state index contributed by atoms with van der Waals surface area (Å²) in [5, 5.41) is 3.06. The quantitative estimate of drug-likeness (QED) is 0.920. The lowest BCUT2D eigenvalue weighted by atomic mass is 10.1. The molecule has 5 nitrogen and oxygen atoms in total. The minimum atomic E-state index is -0.0817. The van der Waals surface area contributed by atoms with Crippen molar-refractivity contribution in [1.82, 2.24) is 10.3 Å². The molecule has 23 heavy (non-hydrogen) atoms. The number of rotatable bonds is 5. The molecule has 3 rings (SSSR count). The van der Waals surface area contributed by atoms with Crippen LogP contribution in [-0.2, 0) is 4.79 Å². The summed E-state index contributed by atoms with van der Waals surface area (Å²) in [5.74, 6) is 1.59. The van der Waals surface area contributed by atoms with Crippen molar-refractivity contribution in [3.05, 3.63) is 54.7 Å². The number of nitrogens with one attached hydrogen (secondary N) is 1. The number of hydrogen-bond acceptors (Lipinski definition) is 4. The number of hydrogen-bond donors (Lipinski definition) is 1. The standard InChI is InChI=1S/C18H21N3O2/c22-18(14-23-16-8-2-1-3-9-16)20-15-7-6-12-21(13-15)17-10-4-5-11-19-17/h1-5,8-11,15H,6-7,12-14H2,(H,20,22)/t15-/m0/s1. The van der Waals surface area contributed by atoms with Crippen LogP contribution in [0.15, 0.2) is 54.7 Å². The number of nitrogens with zero attached hydrogens (tertiary/aromatic N) is 2. The van der Waals surface area contributed by atoms with Gasteiger partial charge in [-0.15, -0.1) is 0 Å². The Bertz CT molecular complexity index is 619. The third-order valence-electron chi connectivity index (χ3n) is 3.87. The molecule has 1 aromatic carbocycles. The Morgan fingerprint density at radius 2 is 2.04 bits per heavy atom. The Labute approximate surface area is 136 Å². The van der Waals surface area contributed by atoms with Gasteiger partial charge in [-0.05, 0) is 37.1 Å². The first-order chi connectivity index (χ1) is 11.3. The third kappa shape index (κ3) is 4.45. The smallest absolute Gasteiger partial charge is 0.258 e. The number of carbonyl (C=O) groups is 1. The van der Waals surface area contributed by atoms with Crippen molar-refractivity contribution in [2.75, 3.05) is 24.6 Å². The van der Waals surface area contributed by atoms with Crippen LogP contribution in [0.25, 0.3) is 0 Å². The van der Waals surface area contributed by atoms with E-state index in [0.717, 1.165) is 31.7 Å². The van der Waals surface area contributed by atoms with Gasteiger partial charge in [-0.1, -0.05) is 24.3 Å². The van der Waals surface area contributed by atoms with Crippen LogP contribution < -0.4 is 15.0 Å². The molecule has 0 saturated carbocycles. The number of aromatic nitrogens is 1. The summed E-state index contributed by atoms with van der Waals surface area (Å²) < 4.78 is 5.48. The van der Waals surface area contributed by atoms with Crippen LogP contribution in [0, 0.1) is 0 Å². The molecule has 5 heteroatoms. The fourth-order valence-electron chi connectivity index (χ4n) is 2.78. The zero-order valence-corrected chi connectivity index (χ0v) is 13.0. The summed E-state index contributed by atoms with van der Waals surface area (Å²) in [5.41, 5.74) is 0. The first-order valence-electron chi connectivity index (χ1n) is 7.94. The molecule has 1 N–H and O–H groups in total. The van der Waals surface area contributed by atoms with Gasteiger partial charge < -0.3 is 15.0 Å². The summed E-state index contributed by atoms with van der Waals surface area (Å²) in [4.78, 5) is 18.7. The van der Waals surface area contributed by atoms with Crippen molar-refractivity contribution in [1.29, 1.82) is 0 Å². The second-order valence-electron chi connectivity index (χ2n) is 5.64. The molecule has 120 valence electrons. The predicted octanol–water partition coefficient (Wildman–Crippen LogP) is 2.25. The fourth-order valence-corrected chi connectivity index (χ4v) is 2.78. The summed E-state index contributed by atoms with van der Waals surface area (Å²) in [6.45, 7) is 1.81. The monoisotopic (exact) mass is 311 g/mol. The summed E-state index contributed by atoms with van der Waals surface area (Å²) >= 11 is 0. The van der Waals surface area contributed by atoms with Crippen LogP contribution in [-0.4, -0.2) is 36.6 Å². The third-order valence-corrected chi connectivity index (χ3v) is 3.87. The minimum Gasteiger partial charge on any atom is -0.484 e. The van der Waals surface area contributed by atoms with Crippen molar-refractivity contribution >= 4 is 11.7 Å². The van der Waals surface area contributed by atoms with E-state index in [2.05, 4.69) is 15.2 Å². The number of anilines is 1. The highest BCUT2D eigenvalue weighted by molar-refractivity contribution is 5.78. The van der Waals surface area contributed by atoms with Crippen LogP contribution in [0.4, 0.5) is 5.82 Å². The lowest BCUT2D eigenvalue weighted by Gasteiger charge is -2.33. The molecule has 2 heterocycles. The lowest BCUT2D eigenvalue weighted by Crippen LogP contribution is -2.49. The maximum Gasteiger partial charge on any atom is 0.258 e. The Balaban J connectivity index is 1.48. The normalized spacial score (nSPS) is 17.6. The SMILES string of the molecule is O=C(COc1ccccc1)N[C@H]1CCCN(c2ccccn2)C1. The predicted molar refractivity (Wildman–Crippen MR) is 89.6 cm³/mol. The van der Waals surface area contributed by atoms with Gasteiger partial charge in [0.1, 0.15) is 11.6 Å². The lowest BCUT2D eigenvalue weighted by molar-refractivity contribution is -0.123. The van der Waals surface area contributed by atoms with Gasteiger partial charge in [-0.25, -0.2) is 4.98 Å². The second kappa shape index (κ2) is 7.63. The molecule has 1 amide bonds. The van der Waals surface area contributed by atoms with Crippen molar-refractivity contribution in [3.63, 3.8) is 0 Å². The molecule has 1 atom stereocenters. The minimum absolute atomic E-state index is 0.0457.